The lowest BCUT2D eigenvalue weighted by molar-refractivity contribution is 0.0735. The molecule has 2 atom stereocenters. The van der Waals surface area contributed by atoms with Crippen molar-refractivity contribution in [3.05, 3.63) is 71.3 Å². The molecule has 5 rings (SSSR count). The number of carbonyl (C=O) groups excluding carboxylic acids is 1. The number of fused-ring (bicyclic) bond motifs is 6. The standard InChI is InChI=1S/C22H18O3/c23-20-16-8-4-5-9-17(16)21(19-15-11-10-14(12-15)18(19)20)25-22(24)13-6-2-1-3-7-13/h1-9,14-15,23H,10-12H2. The van der Waals surface area contributed by atoms with E-state index in [2.05, 4.69) is 0 Å². The van der Waals surface area contributed by atoms with Gasteiger partial charge in [0.15, 0.2) is 0 Å². The van der Waals surface area contributed by atoms with Crippen molar-refractivity contribution in [1.82, 2.24) is 0 Å². The fraction of sp³-hybridized carbons (Fsp3) is 0.227. The van der Waals surface area contributed by atoms with Gasteiger partial charge in [-0.3, -0.25) is 0 Å². The number of rotatable bonds is 2. The molecule has 25 heavy (non-hydrogen) atoms. The summed E-state index contributed by atoms with van der Waals surface area (Å²) in [6.45, 7) is 0. The molecular formula is C22H18O3. The molecule has 0 heterocycles. The van der Waals surface area contributed by atoms with E-state index in [0.29, 0.717) is 28.9 Å². The molecule has 1 saturated carbocycles. The van der Waals surface area contributed by atoms with Crippen molar-refractivity contribution < 1.29 is 14.6 Å². The van der Waals surface area contributed by atoms with Crippen molar-refractivity contribution in [3.63, 3.8) is 0 Å². The predicted octanol–water partition coefficient (Wildman–Crippen LogP) is 5.13. The van der Waals surface area contributed by atoms with Crippen LogP contribution in [0.5, 0.6) is 11.5 Å². The van der Waals surface area contributed by atoms with Gasteiger partial charge in [0.1, 0.15) is 11.5 Å². The Labute approximate surface area is 145 Å². The minimum absolute atomic E-state index is 0.346. The van der Waals surface area contributed by atoms with Crippen LogP contribution in [0.2, 0.25) is 0 Å². The quantitative estimate of drug-likeness (QED) is 0.523. The molecule has 0 radical (unpaired) electrons. The summed E-state index contributed by atoms with van der Waals surface area (Å²) in [5.74, 6) is 1.44. The molecule has 124 valence electrons. The largest absolute Gasteiger partial charge is 0.507 e. The van der Waals surface area contributed by atoms with Crippen LogP contribution < -0.4 is 4.74 Å². The smallest absolute Gasteiger partial charge is 0.343 e. The fourth-order valence-corrected chi connectivity index (χ4v) is 4.59. The molecule has 0 aromatic heterocycles. The average Bonchev–Trinajstić information content (AvgIpc) is 3.27. The van der Waals surface area contributed by atoms with Gasteiger partial charge in [0, 0.05) is 21.9 Å². The van der Waals surface area contributed by atoms with E-state index in [1.807, 2.05) is 42.5 Å². The summed E-state index contributed by atoms with van der Waals surface area (Å²) < 4.78 is 5.91. The molecule has 3 nitrogen and oxygen atoms in total. The SMILES string of the molecule is O=C(Oc1c2c(c(O)c3ccccc13)C1CCC2C1)c1ccccc1. The summed E-state index contributed by atoms with van der Waals surface area (Å²) >= 11 is 0. The fourth-order valence-electron chi connectivity index (χ4n) is 4.59. The Balaban J connectivity index is 1.71. The third-order valence-corrected chi connectivity index (χ3v) is 5.67. The van der Waals surface area contributed by atoms with Gasteiger partial charge in [0.25, 0.3) is 0 Å². The van der Waals surface area contributed by atoms with Crippen molar-refractivity contribution in [2.75, 3.05) is 0 Å². The number of phenols is 1. The lowest BCUT2D eigenvalue weighted by atomic mass is 9.87. The maximum absolute atomic E-state index is 12.7. The first-order valence-electron chi connectivity index (χ1n) is 8.78. The monoisotopic (exact) mass is 330 g/mol. The number of esters is 1. The summed E-state index contributed by atoms with van der Waals surface area (Å²) in [6, 6.07) is 16.7. The summed E-state index contributed by atoms with van der Waals surface area (Å²) in [6.07, 6.45) is 3.26. The Kier molecular flexibility index (Phi) is 3.11. The molecule has 0 aliphatic heterocycles. The maximum atomic E-state index is 12.7. The van der Waals surface area contributed by atoms with Crippen LogP contribution in [0.15, 0.2) is 54.6 Å². The van der Waals surface area contributed by atoms with Crippen molar-refractivity contribution in [2.45, 2.75) is 31.1 Å². The molecule has 1 fully saturated rings. The van der Waals surface area contributed by atoms with Crippen LogP contribution in [0, 0.1) is 0 Å². The number of ether oxygens (including phenoxy) is 1. The number of phenolic OH excluding ortho intramolecular Hbond substituents is 1. The number of carbonyl (C=O) groups is 1. The van der Waals surface area contributed by atoms with E-state index < -0.39 is 0 Å². The number of hydrogen-bond acceptors (Lipinski definition) is 3. The first-order valence-corrected chi connectivity index (χ1v) is 8.78. The molecular weight excluding hydrogens is 312 g/mol. The van der Waals surface area contributed by atoms with E-state index >= 15 is 0 Å². The molecule has 0 saturated heterocycles. The molecule has 2 bridgehead atoms. The van der Waals surface area contributed by atoms with Crippen molar-refractivity contribution >= 4 is 16.7 Å². The highest BCUT2D eigenvalue weighted by atomic mass is 16.5. The minimum Gasteiger partial charge on any atom is -0.507 e. The lowest BCUT2D eigenvalue weighted by Gasteiger charge is -2.22. The van der Waals surface area contributed by atoms with Gasteiger partial charge in [-0.2, -0.15) is 0 Å². The van der Waals surface area contributed by atoms with Gasteiger partial charge in [-0.25, -0.2) is 4.79 Å². The topological polar surface area (TPSA) is 46.5 Å². The first kappa shape index (κ1) is 14.5. The van der Waals surface area contributed by atoms with Gasteiger partial charge >= 0.3 is 5.97 Å². The summed E-state index contributed by atoms with van der Waals surface area (Å²) in [5, 5.41) is 12.4. The van der Waals surface area contributed by atoms with Gasteiger partial charge in [0.05, 0.1) is 5.56 Å². The van der Waals surface area contributed by atoms with E-state index in [4.69, 9.17) is 4.74 Å². The Hall–Kier alpha value is -2.81. The van der Waals surface area contributed by atoms with Crippen LogP contribution >= 0.6 is 0 Å². The summed E-state index contributed by atoms with van der Waals surface area (Å²) in [4.78, 5) is 12.7. The van der Waals surface area contributed by atoms with Crippen LogP contribution in [0.3, 0.4) is 0 Å². The molecule has 3 aromatic carbocycles. The Bertz CT molecular complexity index is 991. The molecule has 2 aliphatic rings. The van der Waals surface area contributed by atoms with Crippen LogP contribution in [-0.4, -0.2) is 11.1 Å². The second-order valence-corrected chi connectivity index (χ2v) is 7.01. The second kappa shape index (κ2) is 5.35. The first-order chi connectivity index (χ1) is 12.2. The Morgan fingerprint density at radius 1 is 0.880 bits per heavy atom. The van der Waals surface area contributed by atoms with Gasteiger partial charge in [-0.15, -0.1) is 0 Å². The summed E-state index contributed by atoms with van der Waals surface area (Å²) in [5.41, 5.74) is 2.60. The zero-order valence-electron chi connectivity index (χ0n) is 13.7. The van der Waals surface area contributed by atoms with Gasteiger partial charge in [-0.1, -0.05) is 42.5 Å². The zero-order valence-corrected chi connectivity index (χ0v) is 13.7. The van der Waals surface area contributed by atoms with Crippen LogP contribution in [-0.2, 0) is 0 Å². The van der Waals surface area contributed by atoms with E-state index in [1.165, 1.54) is 0 Å². The molecule has 3 aromatic rings. The number of benzene rings is 3. The zero-order chi connectivity index (χ0) is 17.0. The Morgan fingerprint density at radius 3 is 2.28 bits per heavy atom. The predicted molar refractivity (Wildman–Crippen MR) is 96.3 cm³/mol. The molecule has 3 heteroatoms. The van der Waals surface area contributed by atoms with Gasteiger partial charge in [-0.05, 0) is 43.2 Å². The van der Waals surface area contributed by atoms with Crippen molar-refractivity contribution in [2.24, 2.45) is 0 Å². The molecule has 1 N–H and O–H groups in total. The Morgan fingerprint density at radius 2 is 1.52 bits per heavy atom. The molecule has 2 aliphatic carbocycles. The average molecular weight is 330 g/mol. The van der Waals surface area contributed by atoms with E-state index in [9.17, 15) is 9.90 Å². The molecule has 0 amide bonds. The molecule has 0 spiro atoms. The van der Waals surface area contributed by atoms with Crippen LogP contribution in [0.1, 0.15) is 52.6 Å². The van der Waals surface area contributed by atoms with Gasteiger partial charge < -0.3 is 9.84 Å². The highest BCUT2D eigenvalue weighted by Crippen LogP contribution is 2.60. The third kappa shape index (κ3) is 2.08. The number of aromatic hydroxyl groups is 1. The second-order valence-electron chi connectivity index (χ2n) is 7.01. The van der Waals surface area contributed by atoms with Crippen LogP contribution in [0.4, 0.5) is 0 Å². The number of hydrogen-bond donors (Lipinski definition) is 1. The molecule has 2 unspecified atom stereocenters. The van der Waals surface area contributed by atoms with E-state index in [-0.39, 0.29) is 5.97 Å². The van der Waals surface area contributed by atoms with Crippen molar-refractivity contribution in [1.29, 1.82) is 0 Å². The third-order valence-electron chi connectivity index (χ3n) is 5.67. The highest BCUT2D eigenvalue weighted by Gasteiger charge is 2.42. The maximum Gasteiger partial charge on any atom is 0.343 e. The van der Waals surface area contributed by atoms with E-state index in [1.54, 1.807) is 12.1 Å². The minimum atomic E-state index is -0.346. The lowest BCUT2D eigenvalue weighted by Crippen LogP contribution is -2.12. The van der Waals surface area contributed by atoms with Gasteiger partial charge in [0.2, 0.25) is 0 Å². The van der Waals surface area contributed by atoms with Crippen molar-refractivity contribution in [3.8, 4) is 11.5 Å². The summed E-state index contributed by atoms with van der Waals surface area (Å²) in [7, 11) is 0. The van der Waals surface area contributed by atoms with E-state index in [0.717, 1.165) is 41.2 Å². The normalized spacial score (nSPS) is 20.6. The highest BCUT2D eigenvalue weighted by molar-refractivity contribution is 6.00. The van der Waals surface area contributed by atoms with Crippen LogP contribution in [0.25, 0.3) is 10.8 Å².